The van der Waals surface area contributed by atoms with E-state index in [1.165, 1.54) is 12.1 Å². The van der Waals surface area contributed by atoms with E-state index in [4.69, 9.17) is 36.5 Å². The van der Waals surface area contributed by atoms with Gasteiger partial charge in [0.2, 0.25) is 20.0 Å². The number of anilines is 3. The van der Waals surface area contributed by atoms with Crippen LogP contribution in [-0.4, -0.2) is 112 Å². The topological polar surface area (TPSA) is 206 Å². The number of nitrogens with zero attached hydrogens (tertiary/aromatic N) is 9. The van der Waals surface area contributed by atoms with Crippen LogP contribution in [0.5, 0.6) is 0 Å². The van der Waals surface area contributed by atoms with Gasteiger partial charge in [-0.25, -0.2) is 35.8 Å². The van der Waals surface area contributed by atoms with Crippen LogP contribution in [-0.2, 0) is 31.4 Å². The molecular weight excluding hydrogens is 990 g/mol. The molecule has 0 unspecified atom stereocenters. The number of amides is 2. The third-order valence-electron chi connectivity index (χ3n) is 14.0. The van der Waals surface area contributed by atoms with Gasteiger partial charge in [-0.3, -0.25) is 19.0 Å². The molecule has 0 radical (unpaired) electrons. The monoisotopic (exact) mass is 1050 g/mol. The number of fused-ring (bicyclic) bond motifs is 2. The van der Waals surface area contributed by atoms with Crippen LogP contribution in [0.4, 0.5) is 17.2 Å². The van der Waals surface area contributed by atoms with Gasteiger partial charge in [0, 0.05) is 66.4 Å². The summed E-state index contributed by atoms with van der Waals surface area (Å²) >= 11 is 6.31. The summed E-state index contributed by atoms with van der Waals surface area (Å²) in [5.74, 6) is 0.147. The van der Waals surface area contributed by atoms with E-state index in [1.807, 2.05) is 66.7 Å². The number of aromatic nitrogens is 6. The first-order valence-electron chi connectivity index (χ1n) is 24.5. The zero-order chi connectivity index (χ0) is 51.3. The number of carbonyl (C=O) groups is 2. The van der Waals surface area contributed by atoms with Crippen molar-refractivity contribution >= 4 is 71.9 Å². The fraction of sp³-hybridized carbons (Fsp3) is 0.385. The first-order valence-corrected chi connectivity index (χ1v) is 28.7. The summed E-state index contributed by atoms with van der Waals surface area (Å²) in [4.78, 5) is 44.7. The van der Waals surface area contributed by atoms with E-state index in [1.54, 1.807) is 33.7 Å². The van der Waals surface area contributed by atoms with Crippen LogP contribution < -0.4 is 14.3 Å². The van der Waals surface area contributed by atoms with Crippen LogP contribution in [0, 0.1) is 20.8 Å². The van der Waals surface area contributed by atoms with Gasteiger partial charge in [-0.15, -0.1) is 0 Å². The van der Waals surface area contributed by atoms with E-state index in [0.29, 0.717) is 61.0 Å². The number of hydrogen-bond donors (Lipinski definition) is 2. The minimum absolute atomic E-state index is 0.161. The summed E-state index contributed by atoms with van der Waals surface area (Å²) in [5.41, 5.74) is 8.97. The molecule has 73 heavy (non-hydrogen) atoms. The van der Waals surface area contributed by atoms with Gasteiger partial charge in [-0.2, -0.15) is 10.2 Å². The molecule has 3 aromatic carbocycles. The maximum Gasteiger partial charge on any atom is 0.256 e. The zero-order valence-electron chi connectivity index (χ0n) is 41.4. The van der Waals surface area contributed by atoms with Crippen molar-refractivity contribution in [3.05, 3.63) is 135 Å². The quantitative estimate of drug-likeness (QED) is 0.112. The Morgan fingerprint density at radius 1 is 0.712 bits per heavy atom. The summed E-state index contributed by atoms with van der Waals surface area (Å²) in [6.45, 7) is 8.39. The number of likely N-dealkylation sites (tertiary alicyclic amines) is 2. The number of halogens is 1. The van der Waals surface area contributed by atoms with E-state index >= 15 is 0 Å². The maximum absolute atomic E-state index is 14.8. The first kappa shape index (κ1) is 49.9. The number of nitrogens with one attached hydrogen (secondary N) is 2. The van der Waals surface area contributed by atoms with Gasteiger partial charge in [-0.1, -0.05) is 48.0 Å². The Hall–Kier alpha value is -6.61. The highest BCUT2D eigenvalue weighted by Crippen LogP contribution is 2.37. The second-order valence-corrected chi connectivity index (χ2v) is 23.4. The fourth-order valence-electron chi connectivity index (χ4n) is 10.5. The highest BCUT2D eigenvalue weighted by Gasteiger charge is 2.35. The van der Waals surface area contributed by atoms with Gasteiger partial charge >= 0.3 is 0 Å². The van der Waals surface area contributed by atoms with Gasteiger partial charge in [0.25, 0.3) is 11.8 Å². The highest BCUT2D eigenvalue weighted by atomic mass is 35.5. The lowest BCUT2D eigenvalue weighted by molar-refractivity contribution is 0.0549. The van der Waals surface area contributed by atoms with Crippen LogP contribution >= 0.6 is 11.6 Å². The smallest absolute Gasteiger partial charge is 0.256 e. The minimum atomic E-state index is -3.73. The van der Waals surface area contributed by atoms with E-state index in [9.17, 15) is 26.4 Å². The largest absolute Gasteiger partial charge is 0.372 e. The van der Waals surface area contributed by atoms with Crippen molar-refractivity contribution in [3.8, 4) is 11.3 Å². The lowest BCUT2D eigenvalue weighted by Gasteiger charge is -2.35. The van der Waals surface area contributed by atoms with Crippen LogP contribution in [0.2, 0.25) is 5.02 Å². The van der Waals surface area contributed by atoms with Crippen molar-refractivity contribution in [3.63, 3.8) is 0 Å². The number of benzene rings is 3. The summed E-state index contributed by atoms with van der Waals surface area (Å²) in [6, 6.07) is 22.9. The summed E-state index contributed by atoms with van der Waals surface area (Å²) < 4.78 is 64.8. The van der Waals surface area contributed by atoms with Crippen LogP contribution in [0.1, 0.15) is 112 Å². The molecule has 3 saturated heterocycles. The number of ether oxygens (including phenoxy) is 1. The first-order chi connectivity index (χ1) is 34.9. The highest BCUT2D eigenvalue weighted by molar-refractivity contribution is 7.92. The van der Waals surface area contributed by atoms with E-state index in [0.717, 1.165) is 89.8 Å². The fourth-order valence-corrected chi connectivity index (χ4v) is 11.8. The molecule has 3 aliphatic rings. The molecule has 0 spiro atoms. The minimum Gasteiger partial charge on any atom is -0.372 e. The molecule has 3 atom stereocenters. The summed E-state index contributed by atoms with van der Waals surface area (Å²) in [7, 11) is -7.40. The number of sulfonamides is 2. The normalized spacial score (nSPS) is 18.7. The molecule has 0 saturated carbocycles. The van der Waals surface area contributed by atoms with Gasteiger partial charge in [0.1, 0.15) is 5.82 Å². The van der Waals surface area contributed by atoms with Crippen LogP contribution in [0.25, 0.3) is 22.6 Å². The number of piperidine rings is 2. The number of rotatable bonds is 13. The Morgan fingerprint density at radius 3 is 1.99 bits per heavy atom. The van der Waals surface area contributed by atoms with E-state index in [-0.39, 0.29) is 59.1 Å². The lowest BCUT2D eigenvalue weighted by atomic mass is 9.97. The Labute approximate surface area is 429 Å². The Bertz CT molecular complexity index is 3510. The summed E-state index contributed by atoms with van der Waals surface area (Å²) in [6.07, 6.45) is 9.33. The molecule has 2 N–H and O–H groups in total. The molecule has 2 amide bonds. The van der Waals surface area contributed by atoms with Gasteiger partial charge in [-0.05, 0) is 107 Å². The standard InChI is InChI=1S/C52H58ClN11O7S2/c1-32-29-63-47(27-43(56-63)45-15-9-11-22-61(45)52(66)40-26-37(53)18-20-42(40)59-73(5,69)70)55-50(32)60-24-21-38(30-60)71-31-35-17-19-41(58-72(4,67)68)39(25-35)51(65)62-23-12-10-16-46(62)44-28-48-54-34(3)33(2)49(64(48)57-44)36-13-7-6-8-14-36/h6-8,13-14,17-20,25-29,38,45-46,58-59H,9-12,15-16,21-24,30-31H2,1-5H3/t38-,45-,46-/m0/s1. The van der Waals surface area contributed by atoms with E-state index < -0.39 is 20.0 Å². The van der Waals surface area contributed by atoms with E-state index in [2.05, 4.69) is 26.5 Å². The second kappa shape index (κ2) is 20.0. The molecule has 18 nitrogen and oxygen atoms in total. The molecule has 3 fully saturated rings. The predicted molar refractivity (Wildman–Crippen MR) is 281 cm³/mol. The molecular formula is C52H58ClN11O7S2. The molecule has 3 aliphatic heterocycles. The molecule has 0 aliphatic carbocycles. The lowest BCUT2D eigenvalue weighted by Crippen LogP contribution is -2.39. The van der Waals surface area contributed by atoms with Crippen LogP contribution in [0.3, 0.4) is 0 Å². The molecule has 7 heterocycles. The van der Waals surface area contributed by atoms with Gasteiger partial charge < -0.3 is 19.4 Å². The SMILES string of the molecule is Cc1cn2nc([C@@H]3CCCCN3C(=O)c3cc(Cl)ccc3NS(C)(=O)=O)cc2nc1N1CC[C@H](OCc2ccc(NS(C)(=O)=O)c(C(=O)N3CCCC[C@H]3c3cc4nc(C)c(C)c(-c5ccccc5)n4n3)c2)C1. The average molecular weight is 1050 g/mol. The van der Waals surface area contributed by atoms with Crippen molar-refractivity contribution < 1.29 is 31.2 Å². The number of carbonyl (C=O) groups excluding carboxylic acids is 2. The van der Waals surface area contributed by atoms with Crippen molar-refractivity contribution in [2.24, 2.45) is 0 Å². The summed E-state index contributed by atoms with van der Waals surface area (Å²) in [5, 5.41) is 10.3. The molecule has 10 rings (SSSR count). The van der Waals surface area contributed by atoms with Gasteiger partial charge in [0.05, 0.1) is 76.9 Å². The molecule has 4 aromatic heterocycles. The van der Waals surface area contributed by atoms with Crippen molar-refractivity contribution in [1.29, 1.82) is 0 Å². The van der Waals surface area contributed by atoms with Crippen LogP contribution in [0.15, 0.2) is 85.1 Å². The predicted octanol–water partition coefficient (Wildman–Crippen LogP) is 8.29. The number of hydrogen-bond acceptors (Lipinski definition) is 12. The Balaban J connectivity index is 0.854. The second-order valence-electron chi connectivity index (χ2n) is 19.5. The molecule has 21 heteroatoms. The third-order valence-corrected chi connectivity index (χ3v) is 15.4. The molecule has 7 aromatic rings. The maximum atomic E-state index is 14.8. The average Bonchev–Trinajstić information content (AvgIpc) is 4.12. The third kappa shape index (κ3) is 10.6. The zero-order valence-corrected chi connectivity index (χ0v) is 43.8. The van der Waals surface area contributed by atoms with Crippen molar-refractivity contribution in [1.82, 2.24) is 39.0 Å². The Kier molecular flexibility index (Phi) is 13.7. The van der Waals surface area contributed by atoms with Crippen molar-refractivity contribution in [2.75, 3.05) is 53.0 Å². The Morgan fingerprint density at radius 2 is 1.33 bits per heavy atom. The number of aryl methyl sites for hydroxylation is 2. The van der Waals surface area contributed by atoms with Crippen molar-refractivity contribution in [2.45, 2.75) is 90.5 Å². The molecule has 382 valence electrons. The molecule has 0 bridgehead atoms. The van der Waals surface area contributed by atoms with Gasteiger partial charge in [0.15, 0.2) is 11.3 Å².